The van der Waals surface area contributed by atoms with Crippen molar-refractivity contribution in [2.45, 2.75) is 26.0 Å². The number of benzene rings is 3. The molecule has 0 saturated carbocycles. The molecular weight excluding hydrogens is 424 g/mol. The minimum absolute atomic E-state index is 0.0812. The van der Waals surface area contributed by atoms with Crippen LogP contribution in [0.3, 0.4) is 0 Å². The number of aliphatic hydroxyl groups excluding tert-OH is 1. The Labute approximate surface area is 200 Å². The van der Waals surface area contributed by atoms with Gasteiger partial charge in [-0.1, -0.05) is 42.5 Å². The number of fused-ring (bicyclic) bond motifs is 2. The molecule has 1 atom stereocenters. The van der Waals surface area contributed by atoms with Crippen LogP contribution in [0.15, 0.2) is 73.1 Å². The molecule has 3 aromatic carbocycles. The highest BCUT2D eigenvalue weighted by Crippen LogP contribution is 2.28. The average molecular weight is 455 g/mol. The minimum Gasteiger partial charge on any atom is -0.390 e. The number of amides is 1. The number of aromatic nitrogens is 2. The maximum absolute atomic E-state index is 12.6. The minimum atomic E-state index is -0.636. The second kappa shape index (κ2) is 9.41. The first-order valence-corrected chi connectivity index (χ1v) is 11.7. The van der Waals surface area contributed by atoms with Crippen molar-refractivity contribution in [2.24, 2.45) is 7.05 Å². The molecule has 0 aliphatic carbocycles. The molecule has 174 valence electrons. The standard InChI is InChI=1S/C28H30N4O2/c1-20(33)32(18-26(34)17-31-13-12-21-6-3-4-7-24(21)16-31)25-9-5-8-22(14-25)23-10-11-27-28(15-23)30(2)19-29-27/h3-11,14-15,19,26,34H,12-13,16-18H2,1-2H3. The molecule has 4 aromatic rings. The molecule has 0 saturated heterocycles. The number of rotatable bonds is 6. The van der Waals surface area contributed by atoms with Gasteiger partial charge in [-0.2, -0.15) is 0 Å². The second-order valence-corrected chi connectivity index (χ2v) is 9.15. The summed E-state index contributed by atoms with van der Waals surface area (Å²) in [7, 11) is 1.98. The van der Waals surface area contributed by atoms with Crippen LogP contribution in [-0.4, -0.2) is 51.2 Å². The molecule has 2 heterocycles. The van der Waals surface area contributed by atoms with Gasteiger partial charge < -0.3 is 14.6 Å². The largest absolute Gasteiger partial charge is 0.390 e. The van der Waals surface area contributed by atoms with E-state index in [4.69, 9.17) is 0 Å². The lowest BCUT2D eigenvalue weighted by molar-refractivity contribution is -0.117. The van der Waals surface area contributed by atoms with Gasteiger partial charge in [0, 0.05) is 39.3 Å². The number of carbonyl (C=O) groups is 1. The third kappa shape index (κ3) is 4.60. The van der Waals surface area contributed by atoms with E-state index in [0.717, 1.165) is 47.4 Å². The van der Waals surface area contributed by atoms with Gasteiger partial charge in [-0.25, -0.2) is 4.98 Å². The Hall–Kier alpha value is -3.48. The van der Waals surface area contributed by atoms with Gasteiger partial charge in [0.2, 0.25) is 5.91 Å². The van der Waals surface area contributed by atoms with Gasteiger partial charge >= 0.3 is 0 Å². The first kappa shape index (κ1) is 22.3. The molecule has 1 aromatic heterocycles. The molecule has 0 fully saturated rings. The van der Waals surface area contributed by atoms with E-state index in [0.29, 0.717) is 6.54 Å². The van der Waals surface area contributed by atoms with Crippen molar-refractivity contribution in [1.82, 2.24) is 14.5 Å². The van der Waals surface area contributed by atoms with Crippen LogP contribution in [0, 0.1) is 0 Å². The molecule has 1 aliphatic heterocycles. The Bertz CT molecular complexity index is 1330. The van der Waals surface area contributed by atoms with Crippen LogP contribution in [0.2, 0.25) is 0 Å². The lowest BCUT2D eigenvalue weighted by Gasteiger charge is -2.32. The van der Waals surface area contributed by atoms with E-state index in [2.05, 4.69) is 46.3 Å². The third-order valence-corrected chi connectivity index (χ3v) is 6.67. The highest BCUT2D eigenvalue weighted by atomic mass is 16.3. The van der Waals surface area contributed by atoms with Gasteiger partial charge in [0.25, 0.3) is 0 Å². The number of hydrogen-bond donors (Lipinski definition) is 1. The lowest BCUT2D eigenvalue weighted by Crippen LogP contribution is -2.43. The van der Waals surface area contributed by atoms with Crippen molar-refractivity contribution in [2.75, 3.05) is 24.5 Å². The Kier molecular flexibility index (Phi) is 6.18. The smallest absolute Gasteiger partial charge is 0.223 e. The number of anilines is 1. The Balaban J connectivity index is 1.32. The molecule has 1 N–H and O–H groups in total. The summed E-state index contributed by atoms with van der Waals surface area (Å²) in [6.45, 7) is 4.10. The molecule has 1 unspecified atom stereocenters. The molecule has 6 nitrogen and oxygen atoms in total. The van der Waals surface area contributed by atoms with Crippen molar-refractivity contribution >= 4 is 22.6 Å². The van der Waals surface area contributed by atoms with E-state index in [-0.39, 0.29) is 12.5 Å². The van der Waals surface area contributed by atoms with Crippen LogP contribution in [-0.2, 0) is 24.8 Å². The fraction of sp³-hybridized carbons (Fsp3) is 0.286. The van der Waals surface area contributed by atoms with E-state index < -0.39 is 6.10 Å². The summed E-state index contributed by atoms with van der Waals surface area (Å²) in [5, 5.41) is 10.9. The zero-order chi connectivity index (χ0) is 23.7. The summed E-state index contributed by atoms with van der Waals surface area (Å²) in [5.74, 6) is -0.0812. The van der Waals surface area contributed by atoms with Crippen LogP contribution in [0.1, 0.15) is 18.1 Å². The molecule has 6 heteroatoms. The third-order valence-electron chi connectivity index (χ3n) is 6.67. The maximum Gasteiger partial charge on any atom is 0.223 e. The van der Waals surface area contributed by atoms with Crippen molar-refractivity contribution in [3.63, 3.8) is 0 Å². The molecule has 34 heavy (non-hydrogen) atoms. The Morgan fingerprint density at radius 1 is 1.06 bits per heavy atom. The van der Waals surface area contributed by atoms with Gasteiger partial charge in [0.15, 0.2) is 0 Å². The highest BCUT2D eigenvalue weighted by Gasteiger charge is 2.22. The SMILES string of the molecule is CC(=O)N(CC(O)CN1CCc2ccccc2C1)c1cccc(-c2ccc3ncn(C)c3c2)c1. The van der Waals surface area contributed by atoms with Crippen molar-refractivity contribution in [1.29, 1.82) is 0 Å². The number of aryl methyl sites for hydroxylation is 1. The quantitative estimate of drug-likeness (QED) is 0.478. The van der Waals surface area contributed by atoms with Crippen LogP contribution in [0.4, 0.5) is 5.69 Å². The van der Waals surface area contributed by atoms with Gasteiger partial charge in [0.05, 0.1) is 30.0 Å². The predicted molar refractivity (Wildman–Crippen MR) is 136 cm³/mol. The number of imidazole rings is 1. The summed E-state index contributed by atoms with van der Waals surface area (Å²) < 4.78 is 2.00. The number of β-amino-alcohol motifs (C(OH)–C–C–N with tert-alkyl or cyclic N) is 1. The maximum atomic E-state index is 12.6. The van der Waals surface area contributed by atoms with Crippen molar-refractivity contribution in [3.8, 4) is 11.1 Å². The molecule has 1 aliphatic rings. The topological polar surface area (TPSA) is 61.6 Å². The summed E-state index contributed by atoms with van der Waals surface area (Å²) in [4.78, 5) is 20.9. The number of aliphatic hydroxyl groups is 1. The number of nitrogens with zero attached hydrogens (tertiary/aromatic N) is 4. The highest BCUT2D eigenvalue weighted by molar-refractivity contribution is 5.92. The molecule has 0 bridgehead atoms. The van der Waals surface area contributed by atoms with E-state index in [1.165, 1.54) is 11.1 Å². The summed E-state index contributed by atoms with van der Waals surface area (Å²) in [6, 6.07) is 22.6. The molecular formula is C28H30N4O2. The molecule has 0 radical (unpaired) electrons. The van der Waals surface area contributed by atoms with Crippen LogP contribution in [0.25, 0.3) is 22.2 Å². The van der Waals surface area contributed by atoms with E-state index in [1.54, 1.807) is 11.8 Å². The average Bonchev–Trinajstić information content (AvgIpc) is 3.22. The summed E-state index contributed by atoms with van der Waals surface area (Å²) in [6.07, 6.45) is 2.16. The normalized spacial score (nSPS) is 14.7. The van der Waals surface area contributed by atoms with Gasteiger partial charge in [-0.15, -0.1) is 0 Å². The number of hydrogen-bond acceptors (Lipinski definition) is 4. The van der Waals surface area contributed by atoms with Crippen LogP contribution < -0.4 is 4.90 Å². The summed E-state index contributed by atoms with van der Waals surface area (Å²) in [5.41, 5.74) is 7.60. The van der Waals surface area contributed by atoms with Gasteiger partial charge in [0.1, 0.15) is 0 Å². The summed E-state index contributed by atoms with van der Waals surface area (Å²) >= 11 is 0. The fourth-order valence-corrected chi connectivity index (χ4v) is 4.85. The lowest BCUT2D eigenvalue weighted by atomic mass is 9.99. The zero-order valence-corrected chi connectivity index (χ0v) is 19.7. The zero-order valence-electron chi connectivity index (χ0n) is 19.7. The van der Waals surface area contributed by atoms with Crippen LogP contribution in [0.5, 0.6) is 0 Å². The Morgan fingerprint density at radius 3 is 2.68 bits per heavy atom. The number of carbonyl (C=O) groups excluding carboxylic acids is 1. The van der Waals surface area contributed by atoms with E-state index in [9.17, 15) is 9.90 Å². The van der Waals surface area contributed by atoms with Crippen LogP contribution >= 0.6 is 0 Å². The monoisotopic (exact) mass is 454 g/mol. The molecule has 1 amide bonds. The van der Waals surface area contributed by atoms with E-state index >= 15 is 0 Å². The predicted octanol–water partition coefficient (Wildman–Crippen LogP) is 4.01. The Morgan fingerprint density at radius 2 is 1.85 bits per heavy atom. The van der Waals surface area contributed by atoms with Gasteiger partial charge in [-0.05, 0) is 52.9 Å². The first-order valence-electron chi connectivity index (χ1n) is 11.7. The second-order valence-electron chi connectivity index (χ2n) is 9.15. The molecule has 0 spiro atoms. The van der Waals surface area contributed by atoms with Crippen molar-refractivity contribution in [3.05, 3.63) is 84.2 Å². The fourth-order valence-electron chi connectivity index (χ4n) is 4.85. The first-order chi connectivity index (χ1) is 16.5. The molecule has 5 rings (SSSR count). The van der Waals surface area contributed by atoms with Gasteiger partial charge in [-0.3, -0.25) is 9.69 Å². The van der Waals surface area contributed by atoms with E-state index in [1.807, 2.05) is 48.3 Å². The van der Waals surface area contributed by atoms with Crippen molar-refractivity contribution < 1.29 is 9.90 Å².